The van der Waals surface area contributed by atoms with Gasteiger partial charge >= 0.3 is 0 Å². The second-order valence-electron chi connectivity index (χ2n) is 6.02. The molecule has 0 radical (unpaired) electrons. The van der Waals surface area contributed by atoms with E-state index in [4.69, 9.17) is 25.8 Å². The summed E-state index contributed by atoms with van der Waals surface area (Å²) in [6, 6.07) is 7.58. The van der Waals surface area contributed by atoms with Gasteiger partial charge in [-0.05, 0) is 30.3 Å². The number of amides is 1. The highest BCUT2D eigenvalue weighted by atomic mass is 35.5. The summed E-state index contributed by atoms with van der Waals surface area (Å²) < 4.78 is 15.7. The zero-order chi connectivity index (χ0) is 19.8. The first-order valence-corrected chi connectivity index (χ1v) is 8.39. The van der Waals surface area contributed by atoms with Gasteiger partial charge in [0.1, 0.15) is 0 Å². The number of benzene rings is 2. The minimum atomic E-state index is -2.02. The van der Waals surface area contributed by atoms with E-state index in [-0.39, 0.29) is 11.1 Å². The Morgan fingerprint density at radius 2 is 1.74 bits per heavy atom. The Bertz CT molecular complexity index is 903. The molecule has 3 rings (SSSR count). The molecule has 0 saturated carbocycles. The SMILES string of the molecule is COc1cc(C(=O)C[C@@]2(O)C(=O)Nc3ccc(Cl)cc32)cc(OC)c1OC. The second kappa shape index (κ2) is 7.09. The number of Topliss-reactive ketones (excluding diaryl/α,β-unsaturated/α-hetero) is 1. The van der Waals surface area contributed by atoms with Crippen LogP contribution >= 0.6 is 11.6 Å². The van der Waals surface area contributed by atoms with Gasteiger partial charge in [-0.1, -0.05) is 11.6 Å². The Balaban J connectivity index is 1.99. The van der Waals surface area contributed by atoms with Gasteiger partial charge in [0.05, 0.1) is 27.8 Å². The Morgan fingerprint density at radius 3 is 2.30 bits per heavy atom. The quantitative estimate of drug-likeness (QED) is 0.735. The minimum Gasteiger partial charge on any atom is -0.493 e. The molecule has 2 aromatic rings. The van der Waals surface area contributed by atoms with Gasteiger partial charge in [-0.3, -0.25) is 9.59 Å². The van der Waals surface area contributed by atoms with Crippen molar-refractivity contribution in [2.24, 2.45) is 0 Å². The van der Waals surface area contributed by atoms with Crippen LogP contribution in [0.4, 0.5) is 5.69 Å². The van der Waals surface area contributed by atoms with Crippen LogP contribution in [0.15, 0.2) is 30.3 Å². The van der Waals surface area contributed by atoms with E-state index >= 15 is 0 Å². The number of halogens is 1. The number of fused-ring (bicyclic) bond motifs is 1. The van der Waals surface area contributed by atoms with Crippen LogP contribution in [0.2, 0.25) is 5.02 Å². The van der Waals surface area contributed by atoms with Crippen molar-refractivity contribution < 1.29 is 28.9 Å². The third-order valence-corrected chi connectivity index (χ3v) is 4.69. The van der Waals surface area contributed by atoms with Crippen LogP contribution in [0, 0.1) is 0 Å². The predicted octanol–water partition coefficient (Wildman–Crippen LogP) is 2.78. The van der Waals surface area contributed by atoms with Crippen LogP contribution in [-0.4, -0.2) is 38.1 Å². The van der Waals surface area contributed by atoms with Crippen LogP contribution < -0.4 is 19.5 Å². The maximum atomic E-state index is 12.9. The number of carbonyl (C=O) groups is 2. The lowest BCUT2D eigenvalue weighted by Gasteiger charge is -2.21. The maximum Gasteiger partial charge on any atom is 0.261 e. The fraction of sp³-hybridized carbons (Fsp3) is 0.263. The number of methoxy groups -OCH3 is 3. The Hall–Kier alpha value is -2.77. The van der Waals surface area contributed by atoms with Crippen LogP contribution in [-0.2, 0) is 10.4 Å². The number of hydrogen-bond acceptors (Lipinski definition) is 6. The summed E-state index contributed by atoms with van der Waals surface area (Å²) in [5.74, 6) is -0.218. The van der Waals surface area contributed by atoms with Crippen molar-refractivity contribution in [2.45, 2.75) is 12.0 Å². The standard InChI is InChI=1S/C19H18ClNO6/c1-25-15-6-10(7-16(26-2)17(15)27-3)14(22)9-19(24)12-8-11(20)4-5-13(12)21-18(19)23/h4-8,24H,9H2,1-3H3,(H,21,23)/t19-/m0/s1. The molecule has 1 atom stereocenters. The minimum absolute atomic E-state index is 0.209. The number of aliphatic hydroxyl groups is 1. The molecule has 0 unspecified atom stereocenters. The van der Waals surface area contributed by atoms with Crippen molar-refractivity contribution in [1.82, 2.24) is 0 Å². The van der Waals surface area contributed by atoms with E-state index in [1.807, 2.05) is 0 Å². The van der Waals surface area contributed by atoms with Crippen LogP contribution in [0.5, 0.6) is 17.2 Å². The first-order valence-electron chi connectivity index (χ1n) is 8.01. The average molecular weight is 392 g/mol. The normalized spacial score (nSPS) is 17.9. The summed E-state index contributed by atoms with van der Waals surface area (Å²) >= 11 is 5.98. The molecule has 1 aliphatic heterocycles. The summed E-state index contributed by atoms with van der Waals surface area (Å²) in [5, 5.41) is 13.9. The van der Waals surface area contributed by atoms with Crippen molar-refractivity contribution in [3.05, 3.63) is 46.5 Å². The summed E-state index contributed by atoms with van der Waals surface area (Å²) in [6.45, 7) is 0. The maximum absolute atomic E-state index is 12.9. The molecule has 0 spiro atoms. The van der Waals surface area contributed by atoms with E-state index in [1.54, 1.807) is 12.1 Å². The molecule has 1 amide bonds. The second-order valence-corrected chi connectivity index (χ2v) is 6.45. The average Bonchev–Trinajstić information content (AvgIpc) is 2.90. The summed E-state index contributed by atoms with van der Waals surface area (Å²) in [4.78, 5) is 25.2. The number of rotatable bonds is 6. The molecular weight excluding hydrogens is 374 g/mol. The topological polar surface area (TPSA) is 94.1 Å². The highest BCUT2D eigenvalue weighted by molar-refractivity contribution is 6.31. The Morgan fingerprint density at radius 1 is 1.11 bits per heavy atom. The zero-order valence-corrected chi connectivity index (χ0v) is 15.7. The monoisotopic (exact) mass is 391 g/mol. The Labute approximate surface area is 160 Å². The van der Waals surface area contributed by atoms with Crippen LogP contribution in [0.1, 0.15) is 22.3 Å². The fourth-order valence-electron chi connectivity index (χ4n) is 3.07. The van der Waals surface area contributed by atoms with Gasteiger partial charge in [-0.25, -0.2) is 0 Å². The van der Waals surface area contributed by atoms with Gasteiger partial charge in [-0.15, -0.1) is 0 Å². The lowest BCUT2D eigenvalue weighted by atomic mass is 9.88. The number of anilines is 1. The van der Waals surface area contributed by atoms with Gasteiger partial charge in [0.25, 0.3) is 5.91 Å². The molecule has 1 heterocycles. The molecule has 0 bridgehead atoms. The van der Waals surface area contributed by atoms with E-state index in [0.29, 0.717) is 28.0 Å². The van der Waals surface area contributed by atoms with Crippen LogP contribution in [0.3, 0.4) is 0 Å². The number of ether oxygens (including phenoxy) is 3. The van der Waals surface area contributed by atoms with Crippen molar-refractivity contribution in [2.75, 3.05) is 26.6 Å². The van der Waals surface area contributed by atoms with Crippen LogP contribution in [0.25, 0.3) is 0 Å². The largest absolute Gasteiger partial charge is 0.493 e. The van der Waals surface area contributed by atoms with Crippen molar-refractivity contribution >= 4 is 29.0 Å². The van der Waals surface area contributed by atoms with Gasteiger partial charge in [0.2, 0.25) is 5.75 Å². The molecule has 7 nitrogen and oxygen atoms in total. The van der Waals surface area contributed by atoms with E-state index in [2.05, 4.69) is 5.32 Å². The van der Waals surface area contributed by atoms with Gasteiger partial charge in [0, 0.05) is 21.8 Å². The zero-order valence-electron chi connectivity index (χ0n) is 15.0. The summed E-state index contributed by atoms with van der Waals surface area (Å²) in [6.07, 6.45) is -0.467. The third-order valence-electron chi connectivity index (χ3n) is 4.45. The molecule has 8 heteroatoms. The van der Waals surface area contributed by atoms with E-state index in [0.717, 1.165) is 0 Å². The third kappa shape index (κ3) is 3.20. The number of ketones is 1. The molecule has 0 aliphatic carbocycles. The number of carbonyl (C=O) groups excluding carboxylic acids is 2. The summed E-state index contributed by atoms with van der Waals surface area (Å²) in [7, 11) is 4.32. The highest BCUT2D eigenvalue weighted by Gasteiger charge is 2.47. The van der Waals surface area contributed by atoms with Gasteiger partial charge in [-0.2, -0.15) is 0 Å². The van der Waals surface area contributed by atoms with E-state index in [1.165, 1.54) is 39.5 Å². The van der Waals surface area contributed by atoms with E-state index < -0.39 is 23.7 Å². The lowest BCUT2D eigenvalue weighted by molar-refractivity contribution is -0.133. The molecule has 1 aliphatic rings. The number of hydrogen-bond donors (Lipinski definition) is 2. The smallest absolute Gasteiger partial charge is 0.261 e. The van der Waals surface area contributed by atoms with Crippen molar-refractivity contribution in [3.8, 4) is 17.2 Å². The van der Waals surface area contributed by atoms with Crippen molar-refractivity contribution in [3.63, 3.8) is 0 Å². The molecule has 27 heavy (non-hydrogen) atoms. The van der Waals surface area contributed by atoms with Gasteiger partial charge in [0.15, 0.2) is 22.9 Å². The summed E-state index contributed by atoms with van der Waals surface area (Å²) in [5.41, 5.74) is -1.12. The molecule has 2 aromatic carbocycles. The fourth-order valence-corrected chi connectivity index (χ4v) is 3.24. The van der Waals surface area contributed by atoms with E-state index in [9.17, 15) is 14.7 Å². The van der Waals surface area contributed by atoms with Crippen molar-refractivity contribution in [1.29, 1.82) is 0 Å². The Kier molecular flexibility index (Phi) is 4.99. The molecule has 0 aromatic heterocycles. The molecule has 142 valence electrons. The molecule has 2 N–H and O–H groups in total. The number of nitrogens with one attached hydrogen (secondary N) is 1. The first-order chi connectivity index (χ1) is 12.8. The highest BCUT2D eigenvalue weighted by Crippen LogP contribution is 2.42. The predicted molar refractivity (Wildman–Crippen MR) is 99.0 cm³/mol. The molecular formula is C19H18ClNO6. The van der Waals surface area contributed by atoms with Gasteiger partial charge < -0.3 is 24.6 Å². The molecule has 0 saturated heterocycles. The first kappa shape index (κ1) is 19.0. The lowest BCUT2D eigenvalue weighted by Crippen LogP contribution is -2.36. The molecule has 0 fully saturated rings.